The lowest BCUT2D eigenvalue weighted by Gasteiger charge is -2.22. The van der Waals surface area contributed by atoms with Crippen LogP contribution in [0.4, 0.5) is 0 Å². The van der Waals surface area contributed by atoms with E-state index in [-0.39, 0.29) is 0 Å². The van der Waals surface area contributed by atoms with E-state index in [1.807, 2.05) is 11.8 Å². The van der Waals surface area contributed by atoms with E-state index in [1.165, 1.54) is 18.4 Å². The number of methoxy groups -OCH3 is 1. The molecule has 0 radical (unpaired) electrons. The lowest BCUT2D eigenvalue weighted by Crippen LogP contribution is -2.29. The smallest absolute Gasteiger partial charge is 0.0704 e. The van der Waals surface area contributed by atoms with Gasteiger partial charge in [0.25, 0.3) is 0 Å². The summed E-state index contributed by atoms with van der Waals surface area (Å²) in [5, 5.41) is 7.42. The van der Waals surface area contributed by atoms with Crippen molar-refractivity contribution in [2.24, 2.45) is 11.0 Å². The molecule has 3 nitrogen and oxygen atoms in total. The molecule has 0 saturated carbocycles. The molecular formula is C18H28N2OS. The van der Waals surface area contributed by atoms with E-state index >= 15 is 0 Å². The first-order chi connectivity index (χ1) is 10.7. The van der Waals surface area contributed by atoms with Crippen LogP contribution in [-0.2, 0) is 10.5 Å². The monoisotopic (exact) mass is 320 g/mol. The largest absolute Gasteiger partial charge is 0.382 e. The Morgan fingerprint density at radius 2 is 2.14 bits per heavy atom. The predicted molar refractivity (Wildman–Crippen MR) is 96.5 cm³/mol. The molecule has 1 aliphatic rings. The highest BCUT2D eigenvalue weighted by molar-refractivity contribution is 7.99. The van der Waals surface area contributed by atoms with Gasteiger partial charge in [-0.25, -0.2) is 0 Å². The lowest BCUT2D eigenvalue weighted by molar-refractivity contribution is 0.118. The van der Waals surface area contributed by atoms with Gasteiger partial charge < -0.3 is 4.74 Å². The summed E-state index contributed by atoms with van der Waals surface area (Å²) in [6.45, 7) is 6.37. The molecule has 0 aliphatic carbocycles. The van der Waals surface area contributed by atoms with Crippen molar-refractivity contribution in [3.05, 3.63) is 35.9 Å². The molecular weight excluding hydrogens is 292 g/mol. The Bertz CT molecular complexity index is 450. The molecule has 1 aromatic rings. The van der Waals surface area contributed by atoms with Crippen LogP contribution >= 0.6 is 11.8 Å². The van der Waals surface area contributed by atoms with E-state index in [9.17, 15) is 0 Å². The van der Waals surface area contributed by atoms with Gasteiger partial charge in [0.15, 0.2) is 0 Å². The van der Waals surface area contributed by atoms with Crippen molar-refractivity contribution < 1.29 is 4.74 Å². The molecule has 0 amide bonds. The van der Waals surface area contributed by atoms with E-state index in [0.29, 0.717) is 17.2 Å². The predicted octanol–water partition coefficient (Wildman–Crippen LogP) is 4.04. The first-order valence-corrected chi connectivity index (χ1v) is 9.20. The molecule has 1 aliphatic heterocycles. The third-order valence-electron chi connectivity index (χ3n) is 4.01. The number of rotatable bonds is 8. The Hall–Kier alpha value is -1.00. The Balaban J connectivity index is 1.89. The Kier molecular flexibility index (Phi) is 7.26. The maximum Gasteiger partial charge on any atom is 0.0704 e. The number of hydrogen-bond acceptors (Lipinski definition) is 4. The van der Waals surface area contributed by atoms with E-state index in [2.05, 4.69) is 55.4 Å². The SMILES string of the molecule is COC[C@@H]1CCCN1/N=C/[C@@H](SCc1ccccc1)C(C)C. The minimum absolute atomic E-state index is 0.448. The highest BCUT2D eigenvalue weighted by Gasteiger charge is 2.23. The second-order valence-electron chi connectivity index (χ2n) is 6.18. The van der Waals surface area contributed by atoms with Gasteiger partial charge in [-0.3, -0.25) is 5.01 Å². The maximum atomic E-state index is 5.29. The average Bonchev–Trinajstić information content (AvgIpc) is 2.96. The zero-order chi connectivity index (χ0) is 15.8. The van der Waals surface area contributed by atoms with Crippen LogP contribution in [0, 0.1) is 5.92 Å². The normalized spacial score (nSPS) is 20.2. The third-order valence-corrected chi connectivity index (χ3v) is 5.56. The van der Waals surface area contributed by atoms with Gasteiger partial charge in [-0.1, -0.05) is 44.2 Å². The van der Waals surface area contributed by atoms with Crippen molar-refractivity contribution in [1.82, 2.24) is 5.01 Å². The zero-order valence-electron chi connectivity index (χ0n) is 13.9. The molecule has 1 heterocycles. The van der Waals surface area contributed by atoms with Gasteiger partial charge in [-0.15, -0.1) is 11.8 Å². The molecule has 0 N–H and O–H groups in total. The summed E-state index contributed by atoms with van der Waals surface area (Å²) in [5.74, 6) is 1.62. The quantitative estimate of drug-likeness (QED) is 0.676. The summed E-state index contributed by atoms with van der Waals surface area (Å²) in [7, 11) is 1.77. The van der Waals surface area contributed by atoms with E-state index in [0.717, 1.165) is 18.9 Å². The van der Waals surface area contributed by atoms with Crippen molar-refractivity contribution in [2.75, 3.05) is 20.3 Å². The topological polar surface area (TPSA) is 24.8 Å². The van der Waals surface area contributed by atoms with Crippen LogP contribution in [0.3, 0.4) is 0 Å². The number of benzene rings is 1. The van der Waals surface area contributed by atoms with Gasteiger partial charge >= 0.3 is 0 Å². The zero-order valence-corrected chi connectivity index (χ0v) is 14.8. The van der Waals surface area contributed by atoms with Gasteiger partial charge in [0.2, 0.25) is 0 Å². The average molecular weight is 321 g/mol. The van der Waals surface area contributed by atoms with Gasteiger partial charge in [-0.2, -0.15) is 5.10 Å². The highest BCUT2D eigenvalue weighted by atomic mass is 32.2. The Morgan fingerprint density at radius 3 is 2.82 bits per heavy atom. The molecule has 0 spiro atoms. The fraction of sp³-hybridized carbons (Fsp3) is 0.611. The molecule has 4 heteroatoms. The number of thioether (sulfide) groups is 1. The molecule has 2 atom stereocenters. The van der Waals surface area contributed by atoms with Gasteiger partial charge in [0.1, 0.15) is 0 Å². The van der Waals surface area contributed by atoms with Crippen molar-refractivity contribution in [1.29, 1.82) is 0 Å². The van der Waals surface area contributed by atoms with Crippen LogP contribution in [-0.4, -0.2) is 42.8 Å². The molecule has 1 fully saturated rings. The Labute approximate surface area is 139 Å². The second-order valence-corrected chi connectivity index (χ2v) is 7.35. The molecule has 22 heavy (non-hydrogen) atoms. The molecule has 0 bridgehead atoms. The summed E-state index contributed by atoms with van der Waals surface area (Å²) < 4.78 is 5.29. The maximum absolute atomic E-state index is 5.29. The molecule has 0 aromatic heterocycles. The van der Waals surface area contributed by atoms with E-state index in [1.54, 1.807) is 7.11 Å². The van der Waals surface area contributed by atoms with Gasteiger partial charge in [-0.05, 0) is 24.3 Å². The lowest BCUT2D eigenvalue weighted by atomic mass is 10.1. The molecule has 1 saturated heterocycles. The summed E-state index contributed by atoms with van der Waals surface area (Å²) in [5.41, 5.74) is 1.38. The number of ether oxygens (including phenoxy) is 1. The summed E-state index contributed by atoms with van der Waals surface area (Å²) in [4.78, 5) is 0. The number of hydrazone groups is 1. The van der Waals surface area contributed by atoms with Crippen LogP contribution in [0.15, 0.2) is 35.4 Å². The first-order valence-electron chi connectivity index (χ1n) is 8.16. The van der Waals surface area contributed by atoms with Crippen LogP contribution < -0.4 is 0 Å². The third kappa shape index (κ3) is 5.33. The minimum atomic E-state index is 0.448. The van der Waals surface area contributed by atoms with Crippen LogP contribution in [0.25, 0.3) is 0 Å². The molecule has 1 aromatic carbocycles. The second kappa shape index (κ2) is 9.21. The summed E-state index contributed by atoms with van der Waals surface area (Å²) in [6, 6.07) is 11.1. The van der Waals surface area contributed by atoms with E-state index < -0.39 is 0 Å². The van der Waals surface area contributed by atoms with E-state index in [4.69, 9.17) is 9.84 Å². The van der Waals surface area contributed by atoms with Crippen molar-refractivity contribution in [3.8, 4) is 0 Å². The van der Waals surface area contributed by atoms with Crippen LogP contribution in [0.5, 0.6) is 0 Å². The van der Waals surface area contributed by atoms with Crippen molar-refractivity contribution in [3.63, 3.8) is 0 Å². The fourth-order valence-corrected chi connectivity index (χ4v) is 3.76. The van der Waals surface area contributed by atoms with Crippen molar-refractivity contribution >= 4 is 18.0 Å². The number of nitrogens with zero attached hydrogens (tertiary/aromatic N) is 2. The van der Waals surface area contributed by atoms with Crippen LogP contribution in [0.1, 0.15) is 32.3 Å². The van der Waals surface area contributed by atoms with Gasteiger partial charge in [0, 0.05) is 30.9 Å². The number of hydrogen-bond donors (Lipinski definition) is 0. The Morgan fingerprint density at radius 1 is 1.36 bits per heavy atom. The molecule has 122 valence electrons. The summed E-state index contributed by atoms with van der Waals surface area (Å²) in [6.07, 6.45) is 4.55. The summed E-state index contributed by atoms with van der Waals surface area (Å²) >= 11 is 1.97. The standard InChI is InChI=1S/C18H28N2OS/c1-15(2)18(22-14-16-8-5-4-6-9-16)12-19-20-11-7-10-17(20)13-21-3/h4-6,8-9,12,15,17-18H,7,10-11,13-14H2,1-3H3/b19-12+/t17-,18+/m0/s1. The van der Waals surface area contributed by atoms with Crippen LogP contribution in [0.2, 0.25) is 0 Å². The van der Waals surface area contributed by atoms with Gasteiger partial charge in [0.05, 0.1) is 12.6 Å². The molecule has 2 rings (SSSR count). The fourth-order valence-electron chi connectivity index (χ4n) is 2.66. The van der Waals surface area contributed by atoms with Crippen molar-refractivity contribution in [2.45, 2.75) is 43.7 Å². The molecule has 0 unspecified atom stereocenters. The minimum Gasteiger partial charge on any atom is -0.382 e. The first kappa shape index (κ1) is 17.4. The highest BCUT2D eigenvalue weighted by Crippen LogP contribution is 2.23.